The smallest absolute Gasteiger partial charge is 0.335 e. The molecule has 2 atom stereocenters. The molecule has 1 amide bonds. The lowest BCUT2D eigenvalue weighted by Gasteiger charge is -2.26. The summed E-state index contributed by atoms with van der Waals surface area (Å²) in [4.78, 5) is 30.7. The average molecular weight is 541 g/mol. The highest BCUT2D eigenvalue weighted by Crippen LogP contribution is 2.40. The van der Waals surface area contributed by atoms with Crippen LogP contribution in [0.5, 0.6) is 0 Å². The molecule has 8 nitrogen and oxygen atoms in total. The van der Waals surface area contributed by atoms with Crippen molar-refractivity contribution in [1.29, 1.82) is 0 Å². The molecule has 39 heavy (non-hydrogen) atoms. The Hall–Kier alpha value is -4.50. The van der Waals surface area contributed by atoms with Gasteiger partial charge in [0.25, 0.3) is 0 Å². The number of para-hydroxylation sites is 1. The van der Waals surface area contributed by atoms with Crippen LogP contribution in [0.3, 0.4) is 0 Å². The molecular weight excluding hydrogens is 512 g/mol. The van der Waals surface area contributed by atoms with Gasteiger partial charge in [0.1, 0.15) is 17.6 Å². The average Bonchev–Trinajstić information content (AvgIpc) is 3.57. The number of hydrogen-bond acceptors (Lipinski definition) is 5. The number of benzene rings is 2. The number of nitrogens with one attached hydrogen (secondary N) is 2. The van der Waals surface area contributed by atoms with Crippen LogP contribution in [0.2, 0.25) is 0 Å². The van der Waals surface area contributed by atoms with Gasteiger partial charge in [-0.3, -0.25) is 9.78 Å². The van der Waals surface area contributed by atoms with E-state index in [1.807, 2.05) is 59.5 Å². The van der Waals surface area contributed by atoms with E-state index >= 15 is 0 Å². The fourth-order valence-corrected chi connectivity index (χ4v) is 5.12. The predicted molar refractivity (Wildman–Crippen MR) is 152 cm³/mol. The van der Waals surface area contributed by atoms with Gasteiger partial charge in [0.05, 0.1) is 17.3 Å². The quantitative estimate of drug-likeness (QED) is 0.235. The molecule has 2 aromatic carbocycles. The molecule has 0 radical (unpaired) electrons. The molecule has 3 N–H and O–H groups in total. The van der Waals surface area contributed by atoms with E-state index in [2.05, 4.69) is 22.5 Å². The van der Waals surface area contributed by atoms with Crippen LogP contribution < -0.4 is 10.6 Å². The van der Waals surface area contributed by atoms with Gasteiger partial charge in [-0.2, -0.15) is 0 Å². The Kier molecular flexibility index (Phi) is 7.69. The lowest BCUT2D eigenvalue weighted by Crippen LogP contribution is -2.32. The number of aromatic carboxylic acids is 1. The molecule has 4 aromatic rings. The maximum absolute atomic E-state index is 12.9. The van der Waals surface area contributed by atoms with Crippen molar-refractivity contribution in [3.63, 3.8) is 0 Å². The highest BCUT2D eigenvalue weighted by Gasteiger charge is 2.41. The van der Waals surface area contributed by atoms with Crippen molar-refractivity contribution < 1.29 is 19.1 Å². The molecule has 198 valence electrons. The minimum atomic E-state index is -0.983. The number of nitrogens with zero attached hydrogens (tertiary/aromatic N) is 2. The number of pyridine rings is 1. The molecule has 1 aliphatic rings. The Morgan fingerprint density at radius 1 is 1.05 bits per heavy atom. The summed E-state index contributed by atoms with van der Waals surface area (Å²) in [6.45, 7) is 2.43. The molecule has 0 unspecified atom stereocenters. The van der Waals surface area contributed by atoms with Crippen molar-refractivity contribution in [1.82, 2.24) is 15.2 Å². The molecule has 0 aliphatic carbocycles. The van der Waals surface area contributed by atoms with Crippen molar-refractivity contribution in [2.75, 3.05) is 11.9 Å². The SMILES string of the molecule is CCc1ccccc1NC(=O)CCN1C(=S)N[C@H](c2ccccn2)[C@H]1c1ccc(-c2ccc(C(=O)O)cc2)o1. The zero-order valence-electron chi connectivity index (χ0n) is 21.3. The Morgan fingerprint density at radius 3 is 2.54 bits per heavy atom. The summed E-state index contributed by atoms with van der Waals surface area (Å²) in [6, 6.07) is 23.1. The van der Waals surface area contributed by atoms with Gasteiger partial charge in [-0.25, -0.2) is 4.79 Å². The number of carboxylic acid groups (broad SMARTS) is 1. The maximum atomic E-state index is 12.9. The third kappa shape index (κ3) is 5.68. The number of aromatic nitrogens is 1. The van der Waals surface area contributed by atoms with Crippen molar-refractivity contribution in [3.05, 3.63) is 108 Å². The van der Waals surface area contributed by atoms with Crippen molar-refractivity contribution in [3.8, 4) is 11.3 Å². The number of carboxylic acids is 1. The van der Waals surface area contributed by atoms with E-state index < -0.39 is 5.97 Å². The molecule has 9 heteroatoms. The molecule has 3 heterocycles. The molecule has 2 aromatic heterocycles. The molecule has 1 aliphatic heterocycles. The van der Waals surface area contributed by atoms with Gasteiger partial charge < -0.3 is 25.1 Å². The first-order valence-electron chi connectivity index (χ1n) is 12.7. The van der Waals surface area contributed by atoms with Crippen LogP contribution in [0.15, 0.2) is 89.5 Å². The first-order valence-corrected chi connectivity index (χ1v) is 13.1. The normalized spacial score (nSPS) is 16.6. The summed E-state index contributed by atoms with van der Waals surface area (Å²) in [5.74, 6) is 0.182. The zero-order valence-corrected chi connectivity index (χ0v) is 22.2. The molecule has 1 fully saturated rings. The third-order valence-electron chi connectivity index (χ3n) is 6.78. The zero-order chi connectivity index (χ0) is 27.4. The van der Waals surface area contributed by atoms with E-state index in [1.54, 1.807) is 30.5 Å². The molecule has 1 saturated heterocycles. The maximum Gasteiger partial charge on any atom is 0.335 e. The molecule has 0 spiro atoms. The Labute approximate surface area is 231 Å². The Morgan fingerprint density at radius 2 is 1.82 bits per heavy atom. The molecular formula is C30H28N4O4S. The third-order valence-corrected chi connectivity index (χ3v) is 7.14. The number of carbonyl (C=O) groups excluding carboxylic acids is 1. The monoisotopic (exact) mass is 540 g/mol. The van der Waals surface area contributed by atoms with E-state index in [-0.39, 0.29) is 30.0 Å². The molecule has 0 saturated carbocycles. The van der Waals surface area contributed by atoms with E-state index in [4.69, 9.17) is 16.6 Å². The standard InChI is InChI=1S/C30H28N4O4S/c1-2-19-7-3-4-8-22(19)32-26(35)16-18-34-28(27(33-30(34)39)23-9-5-6-17-31-23)25-15-14-24(38-25)20-10-12-21(13-11-20)29(36)37/h3-15,17,27-28H,2,16,18H2,1H3,(H,32,35)(H,33,39)(H,36,37)/t27-,28-/m1/s1. The van der Waals surface area contributed by atoms with Gasteiger partial charge in [-0.15, -0.1) is 0 Å². The summed E-state index contributed by atoms with van der Waals surface area (Å²) in [7, 11) is 0. The number of anilines is 1. The second kappa shape index (κ2) is 11.5. The van der Waals surface area contributed by atoms with Crippen molar-refractivity contribution >= 4 is 34.9 Å². The topological polar surface area (TPSA) is 108 Å². The van der Waals surface area contributed by atoms with Crippen molar-refractivity contribution in [2.45, 2.75) is 31.8 Å². The first-order chi connectivity index (χ1) is 18.9. The van der Waals surface area contributed by atoms with Crippen LogP contribution in [-0.2, 0) is 11.2 Å². The van der Waals surface area contributed by atoms with Crippen LogP contribution in [0.4, 0.5) is 5.69 Å². The highest BCUT2D eigenvalue weighted by molar-refractivity contribution is 7.80. The fourth-order valence-electron chi connectivity index (χ4n) is 4.78. The van der Waals surface area contributed by atoms with Crippen LogP contribution in [0.25, 0.3) is 11.3 Å². The second-order valence-electron chi connectivity index (χ2n) is 9.21. The van der Waals surface area contributed by atoms with Crippen molar-refractivity contribution in [2.24, 2.45) is 0 Å². The van der Waals surface area contributed by atoms with Gasteiger partial charge in [0.2, 0.25) is 5.91 Å². The number of thiocarbonyl (C=S) groups is 1. The number of aryl methyl sites for hydroxylation is 1. The van der Waals surface area contributed by atoms with Crippen LogP contribution >= 0.6 is 12.2 Å². The van der Waals surface area contributed by atoms with E-state index in [9.17, 15) is 14.7 Å². The van der Waals surface area contributed by atoms with Gasteiger partial charge in [0.15, 0.2) is 5.11 Å². The minimum absolute atomic E-state index is 0.0996. The highest BCUT2D eigenvalue weighted by atomic mass is 32.1. The van der Waals surface area contributed by atoms with Gasteiger partial charge in [0, 0.05) is 30.4 Å². The number of rotatable bonds is 9. The van der Waals surface area contributed by atoms with Gasteiger partial charge >= 0.3 is 5.97 Å². The van der Waals surface area contributed by atoms with E-state index in [1.165, 1.54) is 0 Å². The van der Waals surface area contributed by atoms with Gasteiger partial charge in [-0.05, 0) is 66.7 Å². The fraction of sp³-hybridized carbons (Fsp3) is 0.200. The molecule has 0 bridgehead atoms. The summed E-state index contributed by atoms with van der Waals surface area (Å²) in [5.41, 5.74) is 3.67. The lowest BCUT2D eigenvalue weighted by molar-refractivity contribution is -0.116. The summed E-state index contributed by atoms with van der Waals surface area (Å²) >= 11 is 5.71. The minimum Gasteiger partial charge on any atom is -0.478 e. The number of amides is 1. The number of carbonyl (C=O) groups is 2. The van der Waals surface area contributed by atoms with Crippen LogP contribution in [0, 0.1) is 0 Å². The summed E-state index contributed by atoms with van der Waals surface area (Å²) in [6.07, 6.45) is 2.79. The molecule has 5 rings (SSSR count). The Balaban J connectivity index is 1.39. The number of furan rings is 1. The summed E-state index contributed by atoms with van der Waals surface area (Å²) < 4.78 is 6.30. The summed E-state index contributed by atoms with van der Waals surface area (Å²) in [5, 5.41) is 16.1. The lowest BCUT2D eigenvalue weighted by atomic mass is 10.0. The van der Waals surface area contributed by atoms with E-state index in [0.717, 1.165) is 28.9 Å². The van der Waals surface area contributed by atoms with Gasteiger partial charge in [-0.1, -0.05) is 43.3 Å². The number of hydrogen-bond donors (Lipinski definition) is 3. The van der Waals surface area contributed by atoms with E-state index in [0.29, 0.717) is 23.2 Å². The van der Waals surface area contributed by atoms with Crippen LogP contribution in [0.1, 0.15) is 52.8 Å². The first kappa shape index (κ1) is 26.1. The largest absolute Gasteiger partial charge is 0.478 e. The predicted octanol–water partition coefficient (Wildman–Crippen LogP) is 5.60. The van der Waals surface area contributed by atoms with Crippen LogP contribution in [-0.4, -0.2) is 38.5 Å². The second-order valence-corrected chi connectivity index (χ2v) is 9.60. The Bertz CT molecular complexity index is 1490.